The number of carbonyl (C=O) groups is 5. The molecule has 0 bridgehead atoms. The maximum atomic E-state index is 14.3. The van der Waals surface area contributed by atoms with Gasteiger partial charge in [-0.15, -0.1) is 0 Å². The van der Waals surface area contributed by atoms with Crippen LogP contribution in [-0.4, -0.2) is 71.3 Å². The summed E-state index contributed by atoms with van der Waals surface area (Å²) in [6.45, 7) is 0.545. The molecule has 2 fully saturated rings. The van der Waals surface area contributed by atoms with Crippen molar-refractivity contribution in [3.63, 3.8) is 0 Å². The molecule has 0 aromatic heterocycles. The smallest absolute Gasteiger partial charge is 0.338 e. The normalized spacial score (nSPS) is 22.3. The number of nitrogens with zero attached hydrogens (tertiary/aromatic N) is 1. The first-order chi connectivity index (χ1) is 22.8. The van der Waals surface area contributed by atoms with Crippen LogP contribution in [0.5, 0.6) is 0 Å². The summed E-state index contributed by atoms with van der Waals surface area (Å²) >= 11 is 0. The molecule has 3 aromatic rings. The molecule has 47 heavy (non-hydrogen) atoms. The fourth-order valence-electron chi connectivity index (χ4n) is 6.90. The Morgan fingerprint density at radius 3 is 2.15 bits per heavy atom. The summed E-state index contributed by atoms with van der Waals surface area (Å²) < 4.78 is 5.40. The van der Waals surface area contributed by atoms with Crippen molar-refractivity contribution in [1.29, 1.82) is 0 Å². The number of fused-ring (bicyclic) bond motifs is 2. The molecule has 244 valence electrons. The van der Waals surface area contributed by atoms with Crippen molar-refractivity contribution in [2.45, 2.75) is 75.0 Å². The summed E-state index contributed by atoms with van der Waals surface area (Å²) in [5.41, 5.74) is 1.89. The van der Waals surface area contributed by atoms with E-state index in [0.717, 1.165) is 16.7 Å². The predicted octanol–water partition coefficient (Wildman–Crippen LogP) is 2.88. The van der Waals surface area contributed by atoms with Crippen LogP contribution in [0.2, 0.25) is 0 Å². The number of ether oxygens (including phenoxy) is 1. The first-order valence-electron chi connectivity index (χ1n) is 16.4. The summed E-state index contributed by atoms with van der Waals surface area (Å²) in [5.74, 6) is -2.01. The lowest BCUT2D eigenvalue weighted by atomic mass is 9.91. The SMILES string of the molecule is O=C(OCCCC[C@@H]1NC(=O)[C@H]2CCCN2C(=O)[C@H](Cc2ccccc2)NC(=O)C2(Cc3ccccc3C2)NC1=O)c1ccccc1. The van der Waals surface area contributed by atoms with Gasteiger partial charge in [-0.2, -0.15) is 0 Å². The number of rotatable bonds is 8. The van der Waals surface area contributed by atoms with E-state index in [9.17, 15) is 24.0 Å². The van der Waals surface area contributed by atoms with Gasteiger partial charge in [-0.25, -0.2) is 4.79 Å². The van der Waals surface area contributed by atoms with Gasteiger partial charge in [0.1, 0.15) is 23.7 Å². The van der Waals surface area contributed by atoms with Crippen LogP contribution in [0, 0.1) is 0 Å². The first kappa shape index (κ1) is 32.0. The van der Waals surface area contributed by atoms with Crippen LogP contribution >= 0.6 is 0 Å². The lowest BCUT2D eigenvalue weighted by Gasteiger charge is -2.36. The molecule has 10 heteroatoms. The molecule has 3 atom stereocenters. The second-order valence-corrected chi connectivity index (χ2v) is 12.7. The van der Waals surface area contributed by atoms with Crippen molar-refractivity contribution in [3.8, 4) is 0 Å². The maximum absolute atomic E-state index is 14.3. The Balaban J connectivity index is 1.23. The van der Waals surface area contributed by atoms with Crippen LogP contribution in [0.4, 0.5) is 0 Å². The van der Waals surface area contributed by atoms with Gasteiger partial charge in [0.25, 0.3) is 0 Å². The molecule has 3 aromatic carbocycles. The van der Waals surface area contributed by atoms with Crippen LogP contribution in [0.15, 0.2) is 84.9 Å². The van der Waals surface area contributed by atoms with Crippen LogP contribution in [0.1, 0.15) is 59.2 Å². The van der Waals surface area contributed by atoms with Crippen molar-refractivity contribution in [2.24, 2.45) is 0 Å². The number of benzene rings is 3. The number of esters is 1. The quantitative estimate of drug-likeness (QED) is 0.257. The molecule has 10 nitrogen and oxygen atoms in total. The zero-order chi connectivity index (χ0) is 32.8. The first-order valence-corrected chi connectivity index (χ1v) is 16.4. The van der Waals surface area contributed by atoms with Gasteiger partial charge in [0.2, 0.25) is 23.6 Å². The third-order valence-corrected chi connectivity index (χ3v) is 9.39. The highest BCUT2D eigenvalue weighted by molar-refractivity contribution is 6.00. The Labute approximate surface area is 274 Å². The molecular formula is C37H40N4O6. The van der Waals surface area contributed by atoms with Gasteiger partial charge < -0.3 is 25.6 Å². The Morgan fingerprint density at radius 1 is 0.787 bits per heavy atom. The number of nitrogens with one attached hydrogen (secondary N) is 3. The van der Waals surface area contributed by atoms with Crippen LogP contribution in [0.3, 0.4) is 0 Å². The maximum Gasteiger partial charge on any atom is 0.338 e. The highest BCUT2D eigenvalue weighted by Crippen LogP contribution is 2.31. The van der Waals surface area contributed by atoms with E-state index < -0.39 is 41.4 Å². The van der Waals surface area contributed by atoms with E-state index in [0.29, 0.717) is 37.8 Å². The molecular weight excluding hydrogens is 596 g/mol. The molecule has 0 saturated carbocycles. The fraction of sp³-hybridized carbons (Fsp3) is 0.378. The van der Waals surface area contributed by atoms with Gasteiger partial charge >= 0.3 is 5.97 Å². The van der Waals surface area contributed by atoms with E-state index >= 15 is 0 Å². The Kier molecular flexibility index (Phi) is 9.65. The van der Waals surface area contributed by atoms with Gasteiger partial charge in [0.15, 0.2) is 0 Å². The Hall–Kier alpha value is -4.99. The minimum Gasteiger partial charge on any atom is -0.462 e. The third-order valence-electron chi connectivity index (χ3n) is 9.39. The number of hydrogen-bond donors (Lipinski definition) is 3. The second-order valence-electron chi connectivity index (χ2n) is 12.7. The van der Waals surface area contributed by atoms with E-state index in [-0.39, 0.29) is 44.1 Å². The highest BCUT2D eigenvalue weighted by Gasteiger charge is 2.48. The van der Waals surface area contributed by atoms with E-state index in [1.807, 2.05) is 60.7 Å². The molecule has 1 spiro atoms. The van der Waals surface area contributed by atoms with Gasteiger partial charge in [0.05, 0.1) is 12.2 Å². The predicted molar refractivity (Wildman–Crippen MR) is 174 cm³/mol. The number of unbranched alkanes of at least 4 members (excludes halogenated alkanes) is 1. The second kappa shape index (κ2) is 14.2. The lowest BCUT2D eigenvalue weighted by molar-refractivity contribution is -0.144. The van der Waals surface area contributed by atoms with Gasteiger partial charge in [-0.1, -0.05) is 72.8 Å². The van der Waals surface area contributed by atoms with Crippen molar-refractivity contribution >= 4 is 29.6 Å². The van der Waals surface area contributed by atoms with E-state index in [1.165, 1.54) is 0 Å². The zero-order valence-corrected chi connectivity index (χ0v) is 26.3. The lowest BCUT2D eigenvalue weighted by Crippen LogP contribution is -2.67. The number of carbonyl (C=O) groups excluding carboxylic acids is 5. The number of hydrogen-bond acceptors (Lipinski definition) is 6. The zero-order valence-electron chi connectivity index (χ0n) is 26.3. The molecule has 3 N–H and O–H groups in total. The third kappa shape index (κ3) is 7.21. The van der Waals surface area contributed by atoms with Gasteiger partial charge in [-0.3, -0.25) is 19.2 Å². The fourth-order valence-corrected chi connectivity index (χ4v) is 6.90. The Bertz CT molecular complexity index is 1600. The summed E-state index contributed by atoms with van der Waals surface area (Å²) in [7, 11) is 0. The van der Waals surface area contributed by atoms with Gasteiger partial charge in [0, 0.05) is 25.8 Å². The largest absolute Gasteiger partial charge is 0.462 e. The van der Waals surface area contributed by atoms with E-state index in [1.54, 1.807) is 29.2 Å². The molecule has 4 amide bonds. The average molecular weight is 637 g/mol. The Morgan fingerprint density at radius 2 is 1.45 bits per heavy atom. The van der Waals surface area contributed by atoms with Crippen molar-refractivity contribution in [2.75, 3.05) is 13.2 Å². The van der Waals surface area contributed by atoms with Crippen molar-refractivity contribution < 1.29 is 28.7 Å². The molecule has 2 heterocycles. The summed E-state index contributed by atoms with van der Waals surface area (Å²) in [6, 6.07) is 23.2. The minimum absolute atomic E-state index is 0.158. The van der Waals surface area contributed by atoms with E-state index in [2.05, 4.69) is 16.0 Å². The summed E-state index contributed by atoms with van der Waals surface area (Å²) in [6.07, 6.45) is 3.10. The van der Waals surface area contributed by atoms with Crippen molar-refractivity contribution in [1.82, 2.24) is 20.9 Å². The van der Waals surface area contributed by atoms with Crippen molar-refractivity contribution in [3.05, 3.63) is 107 Å². The molecule has 2 aliphatic heterocycles. The van der Waals surface area contributed by atoms with E-state index in [4.69, 9.17) is 4.74 Å². The average Bonchev–Trinajstić information content (AvgIpc) is 3.73. The monoisotopic (exact) mass is 636 g/mol. The summed E-state index contributed by atoms with van der Waals surface area (Å²) in [5, 5.41) is 8.99. The standard InChI is InChI=1S/C37H40N4O6/c42-32-29(18-9-10-21-47-35(45)26-14-5-2-6-15-26)38-33(43)31-19-11-20-41(31)34(44)30(22-25-12-3-1-4-13-25)39-36(46)37(40-32)23-27-16-7-8-17-28(27)24-37/h1-8,12-17,29-31H,9-11,18-24H2,(H,38,43)(H,39,46)(H,40,42)/t29-,30-,31+/m0/s1. The topological polar surface area (TPSA) is 134 Å². The molecule has 2 saturated heterocycles. The molecule has 6 rings (SSSR count). The van der Waals surface area contributed by atoms with Gasteiger partial charge in [-0.05, 0) is 60.9 Å². The molecule has 0 radical (unpaired) electrons. The molecule has 3 aliphatic rings. The van der Waals surface area contributed by atoms with Crippen LogP contribution < -0.4 is 16.0 Å². The highest BCUT2D eigenvalue weighted by atomic mass is 16.5. The minimum atomic E-state index is -1.34. The van der Waals surface area contributed by atoms with Crippen LogP contribution in [0.25, 0.3) is 0 Å². The summed E-state index contributed by atoms with van der Waals surface area (Å²) in [4.78, 5) is 70.1. The number of amides is 4. The molecule has 0 unspecified atom stereocenters. The molecule has 1 aliphatic carbocycles. The van der Waals surface area contributed by atoms with Crippen LogP contribution in [-0.2, 0) is 43.2 Å².